The molecule has 2 heterocycles. The van der Waals surface area contributed by atoms with Gasteiger partial charge in [0.15, 0.2) is 9.84 Å². The van der Waals surface area contributed by atoms with Crippen LogP contribution in [0.5, 0.6) is 0 Å². The molecule has 1 atom stereocenters. The summed E-state index contributed by atoms with van der Waals surface area (Å²) in [5.74, 6) is -1.96. The Bertz CT molecular complexity index is 609. The number of sulfone groups is 1. The molecule has 4 N–H and O–H groups in total. The molecule has 1 aliphatic heterocycles. The monoisotopic (exact) mass is 289 g/mol. The molecule has 0 aliphatic carbocycles. The molecule has 1 fully saturated rings. The van der Waals surface area contributed by atoms with Gasteiger partial charge in [0.2, 0.25) is 5.82 Å². The van der Waals surface area contributed by atoms with E-state index in [-0.39, 0.29) is 17.5 Å². The molecule has 2 rings (SSSR count). The molecule has 0 bridgehead atoms. The van der Waals surface area contributed by atoms with Gasteiger partial charge in [0.05, 0.1) is 11.5 Å². The molecule has 0 aromatic carbocycles. The summed E-state index contributed by atoms with van der Waals surface area (Å²) >= 11 is 0. The van der Waals surface area contributed by atoms with Gasteiger partial charge >= 0.3 is 12.0 Å². The third-order valence-corrected chi connectivity index (χ3v) is 4.25. The number of carbonyl (C=O) groups excluding carboxylic acids is 1. The Balaban J connectivity index is 1.89. The minimum atomic E-state index is -3.08. The Morgan fingerprint density at radius 2 is 2.16 bits per heavy atom. The van der Waals surface area contributed by atoms with Crippen molar-refractivity contribution in [1.82, 2.24) is 20.5 Å². The lowest BCUT2D eigenvalue weighted by atomic mass is 10.3. The van der Waals surface area contributed by atoms with Gasteiger partial charge in [-0.1, -0.05) is 0 Å². The van der Waals surface area contributed by atoms with Crippen molar-refractivity contribution in [2.45, 2.75) is 12.5 Å². The molecule has 1 aromatic heterocycles. The summed E-state index contributed by atoms with van der Waals surface area (Å²) in [5, 5.41) is 18.8. The molecule has 1 aromatic rings. The number of hydrogen-bond donors (Lipinski definition) is 4. The van der Waals surface area contributed by atoms with Crippen LogP contribution in [0.4, 0.5) is 10.7 Å². The van der Waals surface area contributed by atoms with Gasteiger partial charge in [-0.15, -0.1) is 5.10 Å². The molecule has 0 spiro atoms. The molecule has 19 heavy (non-hydrogen) atoms. The molecule has 0 saturated carbocycles. The Labute approximate surface area is 107 Å². The third kappa shape index (κ3) is 3.40. The van der Waals surface area contributed by atoms with Gasteiger partial charge in [-0.25, -0.2) is 18.0 Å². The number of urea groups is 1. The Morgan fingerprint density at radius 3 is 2.68 bits per heavy atom. The van der Waals surface area contributed by atoms with E-state index in [1.54, 1.807) is 0 Å². The number of nitrogens with one attached hydrogen (secondary N) is 3. The second kappa shape index (κ2) is 4.84. The fourth-order valence-corrected chi connectivity index (χ4v) is 3.32. The Hall–Kier alpha value is -2.17. The summed E-state index contributed by atoms with van der Waals surface area (Å²) in [5.41, 5.74) is 0. The number of H-pyrrole nitrogens is 1. The number of carbonyl (C=O) groups is 2. The van der Waals surface area contributed by atoms with Crippen LogP contribution in [0.15, 0.2) is 0 Å². The first-order valence-electron chi connectivity index (χ1n) is 5.29. The van der Waals surface area contributed by atoms with Crippen LogP contribution in [0, 0.1) is 0 Å². The first-order valence-corrected chi connectivity index (χ1v) is 7.11. The summed E-state index contributed by atoms with van der Waals surface area (Å²) < 4.78 is 22.4. The molecule has 10 nitrogen and oxygen atoms in total. The third-order valence-electron chi connectivity index (χ3n) is 2.48. The number of aromatic nitrogens is 3. The second-order valence-corrected chi connectivity index (χ2v) is 6.24. The van der Waals surface area contributed by atoms with Gasteiger partial charge in [0.1, 0.15) is 0 Å². The van der Waals surface area contributed by atoms with E-state index in [2.05, 4.69) is 25.8 Å². The highest BCUT2D eigenvalue weighted by Gasteiger charge is 2.29. The van der Waals surface area contributed by atoms with Gasteiger partial charge in [-0.2, -0.15) is 4.98 Å². The first kappa shape index (κ1) is 13.3. The minimum absolute atomic E-state index is 0.0434. The summed E-state index contributed by atoms with van der Waals surface area (Å²) in [6.45, 7) is 0. The summed E-state index contributed by atoms with van der Waals surface area (Å²) in [7, 11) is -3.08. The fraction of sp³-hybridized carbons (Fsp3) is 0.500. The summed E-state index contributed by atoms with van der Waals surface area (Å²) in [6, 6.07) is -1.14. The molecule has 2 amide bonds. The number of aromatic carboxylic acids is 1. The molecule has 11 heteroatoms. The van der Waals surface area contributed by atoms with E-state index in [0.29, 0.717) is 6.42 Å². The predicted molar refractivity (Wildman–Crippen MR) is 62.6 cm³/mol. The largest absolute Gasteiger partial charge is 0.475 e. The molecular formula is C8H11N5O5S. The van der Waals surface area contributed by atoms with Crippen LogP contribution in [0.25, 0.3) is 0 Å². The SMILES string of the molecule is O=C(Nc1n[nH]c(C(=O)O)n1)NC1CCS(=O)(=O)C1. The van der Waals surface area contributed by atoms with Crippen molar-refractivity contribution >= 4 is 27.8 Å². The van der Waals surface area contributed by atoms with Gasteiger partial charge in [-0.05, 0) is 6.42 Å². The Morgan fingerprint density at radius 1 is 1.42 bits per heavy atom. The van der Waals surface area contributed by atoms with E-state index < -0.39 is 33.7 Å². The van der Waals surface area contributed by atoms with Crippen molar-refractivity contribution in [2.75, 3.05) is 16.8 Å². The number of amides is 2. The number of carboxylic acids is 1. The molecule has 0 radical (unpaired) electrons. The standard InChI is InChI=1S/C8H11N5O5S/c14-6(15)5-10-7(13-12-5)11-8(16)9-4-1-2-19(17,18)3-4/h4H,1-3H2,(H,14,15)(H3,9,10,11,12,13,16). The minimum Gasteiger partial charge on any atom is -0.475 e. The summed E-state index contributed by atoms with van der Waals surface area (Å²) in [6.07, 6.45) is 0.351. The van der Waals surface area contributed by atoms with Crippen molar-refractivity contribution < 1.29 is 23.1 Å². The van der Waals surface area contributed by atoms with Crippen LogP contribution in [0.3, 0.4) is 0 Å². The maximum absolute atomic E-state index is 11.5. The highest BCUT2D eigenvalue weighted by molar-refractivity contribution is 7.91. The zero-order valence-corrected chi connectivity index (χ0v) is 10.4. The fourth-order valence-electron chi connectivity index (χ4n) is 1.65. The van der Waals surface area contributed by atoms with Crippen LogP contribution in [-0.4, -0.2) is 58.3 Å². The van der Waals surface area contributed by atoms with E-state index in [4.69, 9.17) is 5.11 Å². The average molecular weight is 289 g/mol. The first-order chi connectivity index (χ1) is 8.85. The molecule has 1 aliphatic rings. The normalized spacial score (nSPS) is 20.9. The zero-order chi connectivity index (χ0) is 14.0. The Kier molecular flexibility index (Phi) is 3.38. The van der Waals surface area contributed by atoms with Crippen LogP contribution in [0.2, 0.25) is 0 Å². The lowest BCUT2D eigenvalue weighted by molar-refractivity contribution is 0.0684. The summed E-state index contributed by atoms with van der Waals surface area (Å²) in [4.78, 5) is 25.5. The number of hydrogen-bond acceptors (Lipinski definition) is 6. The van der Waals surface area contributed by atoms with E-state index in [1.807, 2.05) is 0 Å². The van der Waals surface area contributed by atoms with E-state index >= 15 is 0 Å². The lowest BCUT2D eigenvalue weighted by Crippen LogP contribution is -2.38. The molecule has 1 saturated heterocycles. The highest BCUT2D eigenvalue weighted by Crippen LogP contribution is 2.11. The van der Waals surface area contributed by atoms with Crippen molar-refractivity contribution in [3.63, 3.8) is 0 Å². The molecular weight excluding hydrogens is 278 g/mol. The average Bonchev–Trinajstić information content (AvgIpc) is 2.85. The smallest absolute Gasteiger partial charge is 0.373 e. The molecule has 1 unspecified atom stereocenters. The maximum Gasteiger partial charge on any atom is 0.373 e. The number of nitrogens with zero attached hydrogens (tertiary/aromatic N) is 2. The number of rotatable bonds is 3. The van der Waals surface area contributed by atoms with E-state index in [1.165, 1.54) is 0 Å². The van der Waals surface area contributed by atoms with E-state index in [0.717, 1.165) is 0 Å². The van der Waals surface area contributed by atoms with Gasteiger partial charge in [0.25, 0.3) is 5.95 Å². The van der Waals surface area contributed by atoms with Crippen molar-refractivity contribution in [3.8, 4) is 0 Å². The van der Waals surface area contributed by atoms with Gasteiger partial charge in [-0.3, -0.25) is 10.4 Å². The van der Waals surface area contributed by atoms with Crippen LogP contribution in [-0.2, 0) is 9.84 Å². The van der Waals surface area contributed by atoms with Crippen LogP contribution in [0.1, 0.15) is 17.0 Å². The molecule has 104 valence electrons. The number of carboxylic acid groups (broad SMARTS) is 1. The number of aromatic amines is 1. The van der Waals surface area contributed by atoms with Gasteiger partial charge in [0, 0.05) is 6.04 Å². The number of anilines is 1. The highest BCUT2D eigenvalue weighted by atomic mass is 32.2. The van der Waals surface area contributed by atoms with Crippen LogP contribution < -0.4 is 10.6 Å². The predicted octanol–water partition coefficient (Wildman–Crippen LogP) is -1.19. The van der Waals surface area contributed by atoms with Crippen molar-refractivity contribution in [1.29, 1.82) is 0 Å². The lowest BCUT2D eigenvalue weighted by Gasteiger charge is -2.09. The quantitative estimate of drug-likeness (QED) is 0.545. The van der Waals surface area contributed by atoms with Crippen molar-refractivity contribution in [2.24, 2.45) is 0 Å². The van der Waals surface area contributed by atoms with Gasteiger partial charge < -0.3 is 10.4 Å². The van der Waals surface area contributed by atoms with Crippen molar-refractivity contribution in [3.05, 3.63) is 5.82 Å². The van der Waals surface area contributed by atoms with Crippen LogP contribution >= 0.6 is 0 Å². The zero-order valence-electron chi connectivity index (χ0n) is 9.58. The topological polar surface area (TPSA) is 154 Å². The maximum atomic E-state index is 11.5. The van der Waals surface area contributed by atoms with E-state index in [9.17, 15) is 18.0 Å². The second-order valence-electron chi connectivity index (χ2n) is 4.01.